The first-order valence-electron chi connectivity index (χ1n) is 8.14. The highest BCUT2D eigenvalue weighted by atomic mass is 15.2. The molecule has 1 heterocycles. The molecule has 19 heavy (non-hydrogen) atoms. The largest absolute Gasteiger partial charge is 0.314 e. The van der Waals surface area contributed by atoms with Gasteiger partial charge in [0.05, 0.1) is 0 Å². The summed E-state index contributed by atoms with van der Waals surface area (Å²) in [6.07, 6.45) is 9.89. The van der Waals surface area contributed by atoms with Crippen LogP contribution in [-0.2, 0) is 0 Å². The van der Waals surface area contributed by atoms with E-state index in [1.54, 1.807) is 0 Å². The average Bonchev–Trinajstić information content (AvgIpc) is 2.44. The van der Waals surface area contributed by atoms with E-state index in [2.05, 4.69) is 35.1 Å². The SMILES string of the molecule is C=CCC(CCCCCC)NCCN1CCNCC1. The zero-order valence-electron chi connectivity index (χ0n) is 12.8. The van der Waals surface area contributed by atoms with E-state index in [9.17, 15) is 0 Å². The van der Waals surface area contributed by atoms with E-state index in [4.69, 9.17) is 0 Å². The minimum Gasteiger partial charge on any atom is -0.314 e. The highest BCUT2D eigenvalue weighted by Crippen LogP contribution is 2.08. The van der Waals surface area contributed by atoms with Crippen molar-refractivity contribution in [2.75, 3.05) is 39.3 Å². The summed E-state index contributed by atoms with van der Waals surface area (Å²) in [4.78, 5) is 2.55. The van der Waals surface area contributed by atoms with Gasteiger partial charge in [-0.2, -0.15) is 0 Å². The second-order valence-corrected chi connectivity index (χ2v) is 5.62. The Bertz CT molecular complexity index is 212. The van der Waals surface area contributed by atoms with Gasteiger partial charge >= 0.3 is 0 Å². The van der Waals surface area contributed by atoms with Gasteiger partial charge in [-0.15, -0.1) is 6.58 Å². The van der Waals surface area contributed by atoms with Crippen molar-refractivity contribution in [1.29, 1.82) is 0 Å². The van der Waals surface area contributed by atoms with Gasteiger partial charge in [0.2, 0.25) is 0 Å². The minimum atomic E-state index is 0.636. The number of nitrogens with zero attached hydrogens (tertiary/aromatic N) is 1. The molecule has 0 radical (unpaired) electrons. The quantitative estimate of drug-likeness (QED) is 0.445. The fraction of sp³-hybridized carbons (Fsp3) is 0.875. The molecular formula is C16H33N3. The summed E-state index contributed by atoms with van der Waals surface area (Å²) in [5, 5.41) is 7.11. The van der Waals surface area contributed by atoms with Crippen LogP contribution < -0.4 is 10.6 Å². The van der Waals surface area contributed by atoms with Gasteiger partial charge in [0.1, 0.15) is 0 Å². The van der Waals surface area contributed by atoms with Gasteiger partial charge in [-0.05, 0) is 12.8 Å². The van der Waals surface area contributed by atoms with Gasteiger partial charge in [-0.1, -0.05) is 38.7 Å². The molecule has 112 valence electrons. The Hall–Kier alpha value is -0.380. The minimum absolute atomic E-state index is 0.636. The highest BCUT2D eigenvalue weighted by molar-refractivity contribution is 4.79. The molecule has 0 aliphatic carbocycles. The lowest BCUT2D eigenvalue weighted by Gasteiger charge is -2.28. The maximum Gasteiger partial charge on any atom is 0.0108 e. The van der Waals surface area contributed by atoms with Crippen molar-refractivity contribution in [2.45, 2.75) is 51.5 Å². The molecule has 0 aromatic rings. The summed E-state index contributed by atoms with van der Waals surface area (Å²) in [6, 6.07) is 0.636. The molecule has 0 aromatic heterocycles. The highest BCUT2D eigenvalue weighted by Gasteiger charge is 2.10. The molecule has 1 aliphatic rings. The number of nitrogens with one attached hydrogen (secondary N) is 2. The Balaban J connectivity index is 2.08. The van der Waals surface area contributed by atoms with Crippen molar-refractivity contribution in [3.63, 3.8) is 0 Å². The lowest BCUT2D eigenvalue weighted by Crippen LogP contribution is -2.46. The monoisotopic (exact) mass is 267 g/mol. The fourth-order valence-corrected chi connectivity index (χ4v) is 2.68. The van der Waals surface area contributed by atoms with Crippen molar-refractivity contribution in [2.24, 2.45) is 0 Å². The third-order valence-corrected chi connectivity index (χ3v) is 3.93. The molecule has 1 atom stereocenters. The maximum absolute atomic E-state index is 3.88. The molecule has 0 bridgehead atoms. The molecule has 0 aromatic carbocycles. The summed E-state index contributed by atoms with van der Waals surface area (Å²) < 4.78 is 0. The Kier molecular flexibility index (Phi) is 10.0. The van der Waals surface area contributed by atoms with Crippen LogP contribution in [0, 0.1) is 0 Å². The smallest absolute Gasteiger partial charge is 0.0108 e. The van der Waals surface area contributed by atoms with Crippen LogP contribution >= 0.6 is 0 Å². The van der Waals surface area contributed by atoms with Crippen molar-refractivity contribution in [1.82, 2.24) is 15.5 Å². The summed E-state index contributed by atoms with van der Waals surface area (Å²) in [5.74, 6) is 0. The van der Waals surface area contributed by atoms with E-state index in [-0.39, 0.29) is 0 Å². The fourth-order valence-electron chi connectivity index (χ4n) is 2.68. The second kappa shape index (κ2) is 11.4. The van der Waals surface area contributed by atoms with Crippen molar-refractivity contribution >= 4 is 0 Å². The zero-order valence-corrected chi connectivity index (χ0v) is 12.8. The van der Waals surface area contributed by atoms with Gasteiger partial charge in [0.15, 0.2) is 0 Å². The first kappa shape index (κ1) is 16.7. The third kappa shape index (κ3) is 8.40. The summed E-state index contributed by atoms with van der Waals surface area (Å²) in [7, 11) is 0. The first-order chi connectivity index (χ1) is 9.36. The number of hydrogen-bond acceptors (Lipinski definition) is 3. The first-order valence-corrected chi connectivity index (χ1v) is 8.14. The third-order valence-electron chi connectivity index (χ3n) is 3.93. The Labute approximate surface area is 119 Å². The second-order valence-electron chi connectivity index (χ2n) is 5.62. The van der Waals surface area contributed by atoms with Crippen molar-refractivity contribution in [3.8, 4) is 0 Å². The van der Waals surface area contributed by atoms with E-state index in [0.717, 1.165) is 26.1 Å². The predicted molar refractivity (Wildman–Crippen MR) is 84.7 cm³/mol. The molecule has 1 rings (SSSR count). The lowest BCUT2D eigenvalue weighted by atomic mass is 10.0. The summed E-state index contributed by atoms with van der Waals surface area (Å²) in [6.45, 7) is 13.1. The van der Waals surface area contributed by atoms with Gasteiger partial charge in [0, 0.05) is 45.3 Å². The Morgan fingerprint density at radius 2 is 2.05 bits per heavy atom. The van der Waals surface area contributed by atoms with Crippen LogP contribution in [-0.4, -0.2) is 50.2 Å². The molecule has 0 spiro atoms. The molecule has 1 saturated heterocycles. The molecule has 3 nitrogen and oxygen atoms in total. The molecule has 1 fully saturated rings. The van der Waals surface area contributed by atoms with Crippen LogP contribution in [0.3, 0.4) is 0 Å². The Morgan fingerprint density at radius 3 is 2.74 bits per heavy atom. The normalized spacial score (nSPS) is 18.4. The lowest BCUT2D eigenvalue weighted by molar-refractivity contribution is 0.237. The molecule has 1 aliphatic heterocycles. The van der Waals surface area contributed by atoms with Crippen molar-refractivity contribution < 1.29 is 0 Å². The van der Waals surface area contributed by atoms with Gasteiger partial charge in [0.25, 0.3) is 0 Å². The van der Waals surface area contributed by atoms with Crippen LogP contribution in [0.1, 0.15) is 45.4 Å². The summed E-state index contributed by atoms with van der Waals surface area (Å²) in [5.41, 5.74) is 0. The van der Waals surface area contributed by atoms with Gasteiger partial charge < -0.3 is 10.6 Å². The van der Waals surface area contributed by atoms with Gasteiger partial charge in [-0.25, -0.2) is 0 Å². The average molecular weight is 267 g/mol. The van der Waals surface area contributed by atoms with E-state index in [1.807, 2.05) is 0 Å². The number of rotatable bonds is 11. The molecular weight excluding hydrogens is 234 g/mol. The Morgan fingerprint density at radius 1 is 1.26 bits per heavy atom. The zero-order chi connectivity index (χ0) is 13.8. The van der Waals surface area contributed by atoms with Crippen LogP contribution in [0.2, 0.25) is 0 Å². The van der Waals surface area contributed by atoms with Crippen LogP contribution in [0.5, 0.6) is 0 Å². The molecule has 0 amide bonds. The number of piperazine rings is 1. The molecule has 0 saturated carbocycles. The standard InChI is InChI=1S/C16H33N3/c1-3-5-6-7-9-16(8-4-2)18-12-15-19-13-10-17-11-14-19/h4,16-18H,2-3,5-15H2,1H3. The molecule has 1 unspecified atom stereocenters. The number of hydrogen-bond donors (Lipinski definition) is 2. The molecule has 3 heteroatoms. The predicted octanol–water partition coefficient (Wildman–Crippen LogP) is 2.40. The summed E-state index contributed by atoms with van der Waals surface area (Å²) >= 11 is 0. The van der Waals surface area contributed by atoms with Crippen LogP contribution in [0.4, 0.5) is 0 Å². The van der Waals surface area contributed by atoms with E-state index in [1.165, 1.54) is 51.7 Å². The van der Waals surface area contributed by atoms with Crippen LogP contribution in [0.15, 0.2) is 12.7 Å². The van der Waals surface area contributed by atoms with Gasteiger partial charge in [-0.3, -0.25) is 4.90 Å². The number of unbranched alkanes of at least 4 members (excludes halogenated alkanes) is 3. The van der Waals surface area contributed by atoms with Crippen LogP contribution in [0.25, 0.3) is 0 Å². The van der Waals surface area contributed by atoms with E-state index >= 15 is 0 Å². The topological polar surface area (TPSA) is 27.3 Å². The maximum atomic E-state index is 3.88. The van der Waals surface area contributed by atoms with E-state index < -0.39 is 0 Å². The van der Waals surface area contributed by atoms with Crippen molar-refractivity contribution in [3.05, 3.63) is 12.7 Å². The molecule has 2 N–H and O–H groups in total. The van der Waals surface area contributed by atoms with E-state index in [0.29, 0.717) is 6.04 Å².